The van der Waals surface area contributed by atoms with Crippen LogP contribution in [0, 0.1) is 23.4 Å². The van der Waals surface area contributed by atoms with Gasteiger partial charge in [-0.2, -0.15) is 0 Å². The molecule has 0 unspecified atom stereocenters. The Morgan fingerprint density at radius 3 is 2.26 bits per heavy atom. The Morgan fingerprint density at radius 2 is 1.71 bits per heavy atom. The van der Waals surface area contributed by atoms with Gasteiger partial charge < -0.3 is 20.5 Å². The van der Waals surface area contributed by atoms with Gasteiger partial charge in [0.2, 0.25) is 5.91 Å². The molecule has 166 valence electrons. The highest BCUT2D eigenvalue weighted by Crippen LogP contribution is 2.27. The smallest absolute Gasteiger partial charge is 0.223 e. The number of hydrogen-bond acceptors (Lipinski definition) is 3. The number of rotatable bonds is 5. The maximum absolute atomic E-state index is 13.5. The van der Waals surface area contributed by atoms with Crippen molar-refractivity contribution in [2.24, 2.45) is 5.92 Å². The molecule has 0 atom stereocenters. The van der Waals surface area contributed by atoms with E-state index in [0.29, 0.717) is 16.6 Å². The number of amides is 1. The van der Waals surface area contributed by atoms with Crippen LogP contribution in [0.15, 0.2) is 42.5 Å². The first kappa shape index (κ1) is 22.8. The largest absolute Gasteiger partial charge is 0.394 e. The second-order valence-corrected chi connectivity index (χ2v) is 8.04. The predicted molar refractivity (Wildman–Crippen MR) is 112 cm³/mol. The Hall–Kier alpha value is -2.84. The molecule has 1 aliphatic carbocycles. The summed E-state index contributed by atoms with van der Waals surface area (Å²) in [6, 6.07) is 9.50. The number of aliphatic hydroxyl groups is 2. The zero-order valence-corrected chi connectivity index (χ0v) is 17.1. The van der Waals surface area contributed by atoms with Gasteiger partial charge in [0.05, 0.1) is 24.3 Å². The molecule has 0 spiro atoms. The van der Waals surface area contributed by atoms with Crippen LogP contribution >= 0.6 is 0 Å². The zero-order valence-electron chi connectivity index (χ0n) is 17.1. The minimum atomic E-state index is -0.868. The highest BCUT2D eigenvalue weighted by atomic mass is 19.1. The van der Waals surface area contributed by atoms with Crippen LogP contribution in [0.25, 0.3) is 22.2 Å². The van der Waals surface area contributed by atoms with E-state index in [-0.39, 0.29) is 36.4 Å². The number of carbonyl (C=O) groups is 1. The Balaban J connectivity index is 0.000000187. The number of benzene rings is 2. The first-order valence-corrected chi connectivity index (χ1v) is 10.0. The van der Waals surface area contributed by atoms with Crippen LogP contribution in [0.2, 0.25) is 0 Å². The summed E-state index contributed by atoms with van der Waals surface area (Å²) in [5.74, 6) is -1.55. The second-order valence-electron chi connectivity index (χ2n) is 8.04. The number of hydrogen-bond donors (Lipinski definition) is 4. The van der Waals surface area contributed by atoms with Crippen LogP contribution < -0.4 is 5.32 Å². The summed E-state index contributed by atoms with van der Waals surface area (Å²) in [5, 5.41) is 21.0. The average molecular weight is 434 g/mol. The van der Waals surface area contributed by atoms with Gasteiger partial charge in [-0.1, -0.05) is 6.42 Å². The number of aromatic nitrogens is 1. The van der Waals surface area contributed by atoms with Crippen LogP contribution in [-0.4, -0.2) is 39.9 Å². The summed E-state index contributed by atoms with van der Waals surface area (Å²) in [6.45, 7) is 1.16. The molecule has 0 saturated heterocycles. The molecule has 0 aliphatic heterocycles. The summed E-state index contributed by atoms with van der Waals surface area (Å²) in [7, 11) is 0. The number of aliphatic hydroxyl groups excluding tert-OH is 2. The molecule has 1 fully saturated rings. The fourth-order valence-corrected chi connectivity index (χ4v) is 3.15. The zero-order chi connectivity index (χ0) is 22.6. The van der Waals surface area contributed by atoms with Crippen LogP contribution in [0.1, 0.15) is 26.2 Å². The highest BCUT2D eigenvalue weighted by molar-refractivity contribution is 5.86. The average Bonchev–Trinajstić information content (AvgIpc) is 3.12. The second kappa shape index (κ2) is 9.53. The SMILES string of the molecule is CC(CO)(CO)NC(=O)C1CCC1.Fc1ccc(-c2cc3cc(F)cc(F)c3[nH]2)cc1. The lowest BCUT2D eigenvalue weighted by Gasteiger charge is -2.31. The summed E-state index contributed by atoms with van der Waals surface area (Å²) < 4.78 is 39.4. The third-order valence-corrected chi connectivity index (χ3v) is 5.40. The molecule has 4 rings (SSSR count). The molecule has 1 aromatic heterocycles. The molecule has 31 heavy (non-hydrogen) atoms. The molecule has 1 saturated carbocycles. The van der Waals surface area contributed by atoms with Crippen molar-refractivity contribution in [3.63, 3.8) is 0 Å². The van der Waals surface area contributed by atoms with E-state index in [1.54, 1.807) is 25.1 Å². The van der Waals surface area contributed by atoms with Gasteiger partial charge in [-0.25, -0.2) is 13.2 Å². The molecule has 1 amide bonds. The molecule has 4 N–H and O–H groups in total. The van der Waals surface area contributed by atoms with Crippen molar-refractivity contribution in [2.45, 2.75) is 31.7 Å². The summed E-state index contributed by atoms with van der Waals surface area (Å²) >= 11 is 0. The lowest BCUT2D eigenvalue weighted by Crippen LogP contribution is -2.54. The molecular weight excluding hydrogens is 409 g/mol. The third-order valence-electron chi connectivity index (χ3n) is 5.40. The van der Waals surface area contributed by atoms with E-state index in [1.807, 2.05) is 0 Å². The van der Waals surface area contributed by atoms with Crippen LogP contribution in [0.4, 0.5) is 13.2 Å². The normalized spacial score (nSPS) is 14.0. The van der Waals surface area contributed by atoms with Crippen molar-refractivity contribution < 1.29 is 28.2 Å². The van der Waals surface area contributed by atoms with Crippen LogP contribution in [-0.2, 0) is 4.79 Å². The van der Waals surface area contributed by atoms with Crippen molar-refractivity contribution in [3.05, 3.63) is 59.9 Å². The number of aromatic amines is 1. The van der Waals surface area contributed by atoms with Crippen molar-refractivity contribution in [2.75, 3.05) is 13.2 Å². The molecule has 8 heteroatoms. The predicted octanol–water partition coefficient (Wildman–Crippen LogP) is 3.90. The van der Waals surface area contributed by atoms with Gasteiger partial charge in [0.1, 0.15) is 17.5 Å². The van der Waals surface area contributed by atoms with Gasteiger partial charge >= 0.3 is 0 Å². The van der Waals surface area contributed by atoms with E-state index in [9.17, 15) is 18.0 Å². The van der Waals surface area contributed by atoms with Gasteiger partial charge in [-0.15, -0.1) is 0 Å². The fourth-order valence-electron chi connectivity index (χ4n) is 3.15. The maximum Gasteiger partial charge on any atom is 0.223 e. The van der Waals surface area contributed by atoms with Crippen molar-refractivity contribution >= 4 is 16.8 Å². The van der Waals surface area contributed by atoms with Crippen LogP contribution in [0.5, 0.6) is 0 Å². The summed E-state index contributed by atoms with van der Waals surface area (Å²) in [5.41, 5.74) is 0.713. The topological polar surface area (TPSA) is 85.3 Å². The standard InChI is InChI=1S/C14H8F3N.C9H17NO3/c15-10-3-1-8(2-4-10)13-6-9-5-11(16)7-12(17)14(9)18-13;1-9(5-11,6-12)10-8(13)7-3-2-4-7/h1-7,18H;7,11-12H,2-6H2,1H3,(H,10,13). The summed E-state index contributed by atoms with van der Waals surface area (Å²) in [6.07, 6.45) is 2.96. The van der Waals surface area contributed by atoms with E-state index in [1.165, 1.54) is 18.2 Å². The Bertz CT molecular complexity index is 1040. The maximum atomic E-state index is 13.5. The molecule has 3 aromatic rings. The van der Waals surface area contributed by atoms with E-state index in [2.05, 4.69) is 10.3 Å². The van der Waals surface area contributed by atoms with Crippen molar-refractivity contribution in [1.82, 2.24) is 10.3 Å². The third kappa shape index (κ3) is 5.45. The number of fused-ring (bicyclic) bond motifs is 1. The Kier molecular flexibility index (Phi) is 7.02. The van der Waals surface area contributed by atoms with E-state index >= 15 is 0 Å². The minimum Gasteiger partial charge on any atom is -0.394 e. The van der Waals surface area contributed by atoms with Gasteiger partial charge in [-0.05, 0) is 61.7 Å². The lowest BCUT2D eigenvalue weighted by molar-refractivity contribution is -0.130. The number of H-pyrrole nitrogens is 1. The van der Waals surface area contributed by atoms with Gasteiger partial charge in [0.25, 0.3) is 0 Å². The minimum absolute atomic E-state index is 0.0446. The highest BCUT2D eigenvalue weighted by Gasteiger charge is 2.31. The Labute approximate surface area is 177 Å². The molecule has 2 aromatic carbocycles. The Morgan fingerprint density at radius 1 is 1.06 bits per heavy atom. The first-order valence-electron chi connectivity index (χ1n) is 10.0. The molecule has 1 heterocycles. The van der Waals surface area contributed by atoms with E-state index < -0.39 is 17.2 Å². The van der Waals surface area contributed by atoms with Gasteiger partial charge in [0.15, 0.2) is 0 Å². The molecule has 1 aliphatic rings. The lowest BCUT2D eigenvalue weighted by atomic mass is 9.84. The van der Waals surface area contributed by atoms with Crippen molar-refractivity contribution in [3.8, 4) is 11.3 Å². The summed E-state index contributed by atoms with van der Waals surface area (Å²) in [4.78, 5) is 14.3. The first-order chi connectivity index (χ1) is 14.7. The molecular formula is C23H25F3N2O3. The van der Waals surface area contributed by atoms with E-state index in [4.69, 9.17) is 10.2 Å². The van der Waals surface area contributed by atoms with Crippen molar-refractivity contribution in [1.29, 1.82) is 0 Å². The quantitative estimate of drug-likeness (QED) is 0.491. The molecule has 5 nitrogen and oxygen atoms in total. The van der Waals surface area contributed by atoms with Gasteiger partial charge in [-0.3, -0.25) is 4.79 Å². The molecule has 0 bridgehead atoms. The van der Waals surface area contributed by atoms with E-state index in [0.717, 1.165) is 25.3 Å². The number of halogens is 3. The number of carbonyl (C=O) groups excluding carboxylic acids is 1. The van der Waals surface area contributed by atoms with Gasteiger partial charge in [0, 0.05) is 23.1 Å². The number of nitrogens with one attached hydrogen (secondary N) is 2. The van der Waals surface area contributed by atoms with Crippen LogP contribution in [0.3, 0.4) is 0 Å². The fraction of sp³-hybridized carbons (Fsp3) is 0.348. The molecule has 0 radical (unpaired) electrons. The monoisotopic (exact) mass is 434 g/mol.